The number of hydrogen-bond acceptors (Lipinski definition) is 12. The minimum absolute atomic E-state index is 0.0216. The van der Waals surface area contributed by atoms with Crippen molar-refractivity contribution in [1.82, 2.24) is 4.90 Å². The predicted molar refractivity (Wildman–Crippen MR) is 188 cm³/mol. The Morgan fingerprint density at radius 2 is 1.79 bits per heavy atom. The zero-order chi connectivity index (χ0) is 38.0. The third-order valence-electron chi connectivity index (χ3n) is 15.0. The summed E-state index contributed by atoms with van der Waals surface area (Å²) in [6.07, 6.45) is -0.344. The number of likely N-dealkylation sites (tertiary alicyclic amines) is 1. The maximum Gasteiger partial charge on any atom is 0.340 e. The molecule has 7 aliphatic rings. The number of nitrogens with zero attached hydrogens (tertiary/aromatic N) is 2. The molecule has 13 heteroatoms. The largest absolute Gasteiger partial charge is 0.461 e. The number of rotatable bonds is 10. The van der Waals surface area contributed by atoms with Crippen LogP contribution in [0.25, 0.3) is 0 Å². The number of fused-ring (bicyclic) bond motifs is 2. The van der Waals surface area contributed by atoms with Crippen LogP contribution in [0.5, 0.6) is 0 Å². The zero-order valence-electron chi connectivity index (χ0n) is 31.8. The first-order chi connectivity index (χ1) is 25.2. The van der Waals surface area contributed by atoms with Gasteiger partial charge in [0.05, 0.1) is 48.1 Å². The van der Waals surface area contributed by atoms with Crippen molar-refractivity contribution >= 4 is 29.4 Å². The number of piperidine rings is 1. The van der Waals surface area contributed by atoms with Crippen molar-refractivity contribution < 1.29 is 53.1 Å². The van der Waals surface area contributed by atoms with E-state index in [2.05, 4.69) is 4.90 Å². The highest BCUT2D eigenvalue weighted by Crippen LogP contribution is 2.80. The number of hydrogen-bond donors (Lipinski definition) is 2. The highest BCUT2D eigenvalue weighted by atomic mass is 16.6. The third-order valence-corrected chi connectivity index (χ3v) is 15.0. The molecular formula is C40H54N2O11. The number of benzene rings is 1. The fourth-order valence-electron chi connectivity index (χ4n) is 13.3. The summed E-state index contributed by atoms with van der Waals surface area (Å²) < 4.78 is 31.6. The molecule has 14 atom stereocenters. The van der Waals surface area contributed by atoms with E-state index in [0.29, 0.717) is 32.4 Å². The molecular weight excluding hydrogens is 684 g/mol. The molecule has 2 aliphatic heterocycles. The summed E-state index contributed by atoms with van der Waals surface area (Å²) in [6.45, 7) is 8.30. The lowest BCUT2D eigenvalue weighted by Crippen LogP contribution is -2.82. The second-order valence-electron chi connectivity index (χ2n) is 17.3. The molecule has 0 unspecified atom stereocenters. The van der Waals surface area contributed by atoms with Crippen LogP contribution in [0.3, 0.4) is 0 Å². The lowest BCUT2D eigenvalue weighted by Gasteiger charge is -2.70. The first-order valence-electron chi connectivity index (χ1n) is 19.3. The smallest absolute Gasteiger partial charge is 0.340 e. The van der Waals surface area contributed by atoms with Crippen molar-refractivity contribution in [3.8, 4) is 0 Å². The number of carbonyl (C=O) groups is 4. The fraction of sp³-hybridized carbons (Fsp3) is 0.750. The SMILES string of the molecule is CCN1C[C@]2(COC(=O)c3ccccc3N3C(=O)C[C@H](C)C3=O)CC[C@H](OC)[C@@]34[C@@H]5C[C@H]6[C@H](OC(=O)C(C)C)[C@@H]5[C@](O)(C[C@@H]6OC)[C@@](O)([C@@H](OC)[C@H]23)[C@@H]14. The topological polar surface area (TPSA) is 161 Å². The standard InChI is InChI=1S/C40H54N2O11/c1-8-41-18-37(19-52-35(46)22-11-9-10-12-25(22)42-28(43)15-21(4)33(42)44)14-13-27(50-6)39-24-16-23-26(49-5)17-38(47,29(24)30(23)53-34(45)20(2)3)40(48,36(39)41)32(51-7)31(37)39/h9-12,20-21,23-24,26-27,29-32,36,47-48H,8,13-19H2,1-7H3/t21-,23+,24+,26-,27-,29+,30-,31+,32-,36-,37-,38+,39-,40+/m0/s1. The van der Waals surface area contributed by atoms with Crippen LogP contribution >= 0.6 is 0 Å². The van der Waals surface area contributed by atoms with Crippen LogP contribution in [0.2, 0.25) is 0 Å². The number of methoxy groups -OCH3 is 3. The number of likely N-dealkylation sites (N-methyl/N-ethyl adjacent to an activating group) is 1. The van der Waals surface area contributed by atoms with Crippen molar-refractivity contribution in [2.75, 3.05) is 45.9 Å². The Morgan fingerprint density at radius 1 is 1.06 bits per heavy atom. The van der Waals surface area contributed by atoms with Crippen molar-refractivity contribution in [3.63, 3.8) is 0 Å². The van der Waals surface area contributed by atoms with E-state index in [0.717, 1.165) is 4.90 Å². The monoisotopic (exact) mass is 738 g/mol. The minimum Gasteiger partial charge on any atom is -0.461 e. The van der Waals surface area contributed by atoms with Gasteiger partial charge in [-0.3, -0.25) is 19.3 Å². The Morgan fingerprint density at radius 3 is 2.42 bits per heavy atom. The summed E-state index contributed by atoms with van der Waals surface area (Å²) in [5.41, 5.74) is -4.76. The molecule has 53 heavy (non-hydrogen) atoms. The number of ether oxygens (including phenoxy) is 5. The van der Waals surface area contributed by atoms with Crippen molar-refractivity contribution in [2.45, 2.75) is 101 Å². The molecule has 0 aromatic heterocycles. The molecule has 7 bridgehead atoms. The summed E-state index contributed by atoms with van der Waals surface area (Å²) in [6, 6.07) is 5.96. The minimum atomic E-state index is -1.83. The van der Waals surface area contributed by atoms with Crippen LogP contribution in [0.1, 0.15) is 70.2 Å². The van der Waals surface area contributed by atoms with E-state index in [1.54, 1.807) is 66.4 Å². The average molecular weight is 739 g/mol. The maximum atomic E-state index is 14.1. The summed E-state index contributed by atoms with van der Waals surface area (Å²) in [5.74, 6) is -4.07. The van der Waals surface area contributed by atoms with Gasteiger partial charge in [0.15, 0.2) is 0 Å². The maximum absolute atomic E-state index is 14.1. The van der Waals surface area contributed by atoms with Gasteiger partial charge < -0.3 is 33.9 Å². The highest BCUT2D eigenvalue weighted by molar-refractivity contribution is 6.22. The summed E-state index contributed by atoms with van der Waals surface area (Å²) >= 11 is 0. The quantitative estimate of drug-likeness (QED) is 0.267. The van der Waals surface area contributed by atoms with Gasteiger partial charge in [-0.1, -0.05) is 39.8 Å². The number of esters is 2. The Kier molecular flexibility index (Phi) is 8.76. The fourth-order valence-corrected chi connectivity index (χ4v) is 13.3. The van der Waals surface area contributed by atoms with E-state index < -0.39 is 70.1 Å². The van der Waals surface area contributed by atoms with E-state index in [9.17, 15) is 29.4 Å². The van der Waals surface area contributed by atoms with Crippen LogP contribution in [0.4, 0.5) is 5.69 Å². The van der Waals surface area contributed by atoms with Gasteiger partial charge in [0, 0.05) is 75.2 Å². The molecule has 5 saturated carbocycles. The van der Waals surface area contributed by atoms with E-state index in [-0.39, 0.29) is 72.3 Å². The summed E-state index contributed by atoms with van der Waals surface area (Å²) in [5, 5.41) is 27.0. The van der Waals surface area contributed by atoms with Gasteiger partial charge in [-0.25, -0.2) is 9.69 Å². The van der Waals surface area contributed by atoms with E-state index in [1.807, 2.05) is 6.92 Å². The van der Waals surface area contributed by atoms with Gasteiger partial charge >= 0.3 is 11.9 Å². The predicted octanol–water partition coefficient (Wildman–Crippen LogP) is 2.59. The highest BCUT2D eigenvalue weighted by Gasteiger charge is 2.92. The van der Waals surface area contributed by atoms with Crippen molar-refractivity contribution in [2.24, 2.45) is 46.3 Å². The molecule has 1 aromatic rings. The van der Waals surface area contributed by atoms with Gasteiger partial charge in [0.25, 0.3) is 0 Å². The van der Waals surface area contributed by atoms with Gasteiger partial charge in [-0.2, -0.15) is 0 Å². The number of amides is 2. The molecule has 0 radical (unpaired) electrons. The molecule has 2 amide bonds. The van der Waals surface area contributed by atoms with Crippen LogP contribution in [-0.2, 0) is 38.1 Å². The van der Waals surface area contributed by atoms with Crippen molar-refractivity contribution in [3.05, 3.63) is 29.8 Å². The number of imide groups is 1. The Bertz CT molecular complexity index is 1700. The molecule has 2 saturated heterocycles. The Hall–Kier alpha value is -2.94. The lowest BCUT2D eigenvalue weighted by atomic mass is 9.42. The number of para-hydroxylation sites is 1. The van der Waals surface area contributed by atoms with Gasteiger partial charge in [0.2, 0.25) is 11.8 Å². The second kappa shape index (κ2) is 12.5. The second-order valence-corrected chi connectivity index (χ2v) is 17.3. The molecule has 290 valence electrons. The van der Waals surface area contributed by atoms with Crippen molar-refractivity contribution in [1.29, 1.82) is 0 Å². The third kappa shape index (κ3) is 4.52. The average Bonchev–Trinajstić information content (AvgIpc) is 3.65. The van der Waals surface area contributed by atoms with Crippen LogP contribution in [0.15, 0.2) is 24.3 Å². The molecule has 5 aliphatic carbocycles. The molecule has 7 fully saturated rings. The first-order valence-corrected chi connectivity index (χ1v) is 19.3. The lowest BCUT2D eigenvalue weighted by molar-refractivity contribution is -0.319. The molecule has 13 nitrogen and oxygen atoms in total. The Labute approximate surface area is 310 Å². The van der Waals surface area contributed by atoms with Gasteiger partial charge in [0.1, 0.15) is 17.3 Å². The number of carbonyl (C=O) groups excluding carboxylic acids is 4. The Balaban J connectivity index is 1.24. The summed E-state index contributed by atoms with van der Waals surface area (Å²) in [4.78, 5) is 56.7. The number of anilines is 1. The normalized spacial score (nSPS) is 45.2. The van der Waals surface area contributed by atoms with E-state index in [4.69, 9.17) is 23.7 Å². The van der Waals surface area contributed by atoms with E-state index >= 15 is 0 Å². The molecule has 2 heterocycles. The molecule has 2 N–H and O–H groups in total. The van der Waals surface area contributed by atoms with Gasteiger partial charge in [-0.05, 0) is 43.9 Å². The summed E-state index contributed by atoms with van der Waals surface area (Å²) in [7, 11) is 4.88. The van der Waals surface area contributed by atoms with Crippen LogP contribution in [-0.4, -0.2) is 122 Å². The van der Waals surface area contributed by atoms with Crippen LogP contribution < -0.4 is 4.90 Å². The van der Waals surface area contributed by atoms with E-state index in [1.165, 1.54) is 0 Å². The van der Waals surface area contributed by atoms with Crippen LogP contribution in [0, 0.1) is 46.3 Å². The first kappa shape index (κ1) is 37.0. The molecule has 1 spiro atoms. The zero-order valence-corrected chi connectivity index (χ0v) is 31.8. The molecule has 1 aromatic carbocycles. The van der Waals surface area contributed by atoms with Gasteiger partial charge in [-0.15, -0.1) is 0 Å². The molecule has 8 rings (SSSR count). The number of aliphatic hydroxyl groups is 2.